The van der Waals surface area contributed by atoms with Crippen LogP contribution < -0.4 is 4.74 Å². The zero-order valence-corrected chi connectivity index (χ0v) is 11.1. The highest BCUT2D eigenvalue weighted by atomic mass is 79.9. The van der Waals surface area contributed by atoms with E-state index in [9.17, 15) is 0 Å². The van der Waals surface area contributed by atoms with Crippen LogP contribution in [-0.4, -0.2) is 4.98 Å². The van der Waals surface area contributed by atoms with E-state index < -0.39 is 0 Å². The van der Waals surface area contributed by atoms with E-state index >= 15 is 0 Å². The molecule has 0 fully saturated rings. The highest BCUT2D eigenvalue weighted by Gasteiger charge is 2.03. The van der Waals surface area contributed by atoms with Crippen LogP contribution in [0.1, 0.15) is 0 Å². The summed E-state index contributed by atoms with van der Waals surface area (Å²) in [5.74, 6) is 1.41. The Kier molecular flexibility index (Phi) is 2.99. The first-order chi connectivity index (χ1) is 8.83. The van der Waals surface area contributed by atoms with Crippen molar-refractivity contribution in [1.82, 2.24) is 4.98 Å². The standard InChI is InChI=1S/C15H10BrNO/c16-12-8-9-15(17-10-12)18-14-7-3-5-11-4-1-2-6-13(11)14/h1-10H. The molecule has 1 heterocycles. The molecule has 2 nitrogen and oxygen atoms in total. The molecule has 0 saturated heterocycles. The number of halogens is 1. The first-order valence-electron chi connectivity index (χ1n) is 5.60. The normalized spacial score (nSPS) is 10.5. The molecule has 0 unspecified atom stereocenters. The van der Waals surface area contributed by atoms with Gasteiger partial charge in [0.2, 0.25) is 5.88 Å². The molecule has 0 atom stereocenters. The maximum atomic E-state index is 5.81. The topological polar surface area (TPSA) is 22.1 Å². The third-order valence-corrected chi connectivity index (χ3v) is 3.13. The maximum absolute atomic E-state index is 5.81. The molecule has 3 aromatic rings. The number of benzene rings is 2. The number of nitrogens with zero attached hydrogens (tertiary/aromatic N) is 1. The van der Waals surface area contributed by atoms with Crippen molar-refractivity contribution in [2.45, 2.75) is 0 Å². The quantitative estimate of drug-likeness (QED) is 0.679. The lowest BCUT2D eigenvalue weighted by Gasteiger charge is -2.07. The zero-order valence-electron chi connectivity index (χ0n) is 9.51. The van der Waals surface area contributed by atoms with E-state index in [0.29, 0.717) is 5.88 Å². The molecule has 0 aliphatic carbocycles. The van der Waals surface area contributed by atoms with Crippen LogP contribution in [-0.2, 0) is 0 Å². The van der Waals surface area contributed by atoms with Gasteiger partial charge in [0.25, 0.3) is 0 Å². The molecule has 0 saturated carbocycles. The summed E-state index contributed by atoms with van der Waals surface area (Å²) in [6.45, 7) is 0. The van der Waals surface area contributed by atoms with Gasteiger partial charge >= 0.3 is 0 Å². The van der Waals surface area contributed by atoms with Crippen LogP contribution in [0.5, 0.6) is 11.6 Å². The molecular weight excluding hydrogens is 290 g/mol. The highest BCUT2D eigenvalue weighted by molar-refractivity contribution is 9.10. The Labute approximate surface area is 113 Å². The van der Waals surface area contributed by atoms with Gasteiger partial charge in [-0.2, -0.15) is 0 Å². The van der Waals surface area contributed by atoms with Crippen LogP contribution in [0.3, 0.4) is 0 Å². The monoisotopic (exact) mass is 299 g/mol. The number of ether oxygens (including phenoxy) is 1. The Bertz CT molecular complexity index is 674. The lowest BCUT2D eigenvalue weighted by Crippen LogP contribution is -1.88. The van der Waals surface area contributed by atoms with E-state index in [0.717, 1.165) is 21.0 Å². The van der Waals surface area contributed by atoms with Crippen molar-refractivity contribution in [2.24, 2.45) is 0 Å². The Morgan fingerprint density at radius 2 is 1.72 bits per heavy atom. The van der Waals surface area contributed by atoms with Crippen LogP contribution in [0, 0.1) is 0 Å². The summed E-state index contributed by atoms with van der Waals surface area (Å²) in [5.41, 5.74) is 0. The molecule has 0 N–H and O–H groups in total. The van der Waals surface area contributed by atoms with Gasteiger partial charge in [0, 0.05) is 22.1 Å². The van der Waals surface area contributed by atoms with Crippen molar-refractivity contribution in [3.05, 3.63) is 65.3 Å². The average Bonchev–Trinajstić information content (AvgIpc) is 2.42. The predicted octanol–water partition coefficient (Wildman–Crippen LogP) is 4.79. The lowest BCUT2D eigenvalue weighted by molar-refractivity contribution is 0.468. The van der Waals surface area contributed by atoms with Crippen LogP contribution in [0.15, 0.2) is 65.3 Å². The molecule has 0 spiro atoms. The fourth-order valence-corrected chi connectivity index (χ4v) is 2.05. The van der Waals surface area contributed by atoms with Crippen molar-refractivity contribution in [1.29, 1.82) is 0 Å². The Hall–Kier alpha value is -1.87. The maximum Gasteiger partial charge on any atom is 0.219 e. The molecule has 0 aliphatic rings. The first kappa shape index (κ1) is 11.2. The van der Waals surface area contributed by atoms with Crippen LogP contribution in [0.25, 0.3) is 10.8 Å². The van der Waals surface area contributed by atoms with Gasteiger partial charge in [0.1, 0.15) is 5.75 Å². The summed E-state index contributed by atoms with van der Waals surface area (Å²) in [6.07, 6.45) is 1.72. The zero-order chi connectivity index (χ0) is 12.4. The lowest BCUT2D eigenvalue weighted by atomic mass is 10.1. The Balaban J connectivity index is 2.02. The third-order valence-electron chi connectivity index (χ3n) is 2.66. The van der Waals surface area contributed by atoms with Gasteiger partial charge in [-0.3, -0.25) is 0 Å². The third kappa shape index (κ3) is 2.22. The molecule has 0 radical (unpaired) electrons. The van der Waals surface area contributed by atoms with Crippen LogP contribution in [0.4, 0.5) is 0 Å². The number of hydrogen-bond acceptors (Lipinski definition) is 2. The summed E-state index contributed by atoms with van der Waals surface area (Å²) in [5, 5.41) is 2.25. The van der Waals surface area contributed by atoms with Gasteiger partial charge in [-0.25, -0.2) is 4.98 Å². The fourth-order valence-electron chi connectivity index (χ4n) is 1.82. The first-order valence-corrected chi connectivity index (χ1v) is 6.39. The molecule has 0 aliphatic heterocycles. The summed E-state index contributed by atoms with van der Waals surface area (Å²) >= 11 is 3.35. The van der Waals surface area contributed by atoms with Crippen molar-refractivity contribution < 1.29 is 4.74 Å². The Morgan fingerprint density at radius 1 is 0.889 bits per heavy atom. The summed E-state index contributed by atoms with van der Waals surface area (Å²) < 4.78 is 6.75. The van der Waals surface area contributed by atoms with Gasteiger partial charge in [-0.05, 0) is 33.4 Å². The minimum absolute atomic E-state index is 0.592. The molecular formula is C15H10BrNO. The second kappa shape index (κ2) is 4.78. The van der Waals surface area contributed by atoms with Crippen LogP contribution >= 0.6 is 15.9 Å². The van der Waals surface area contributed by atoms with E-state index in [4.69, 9.17) is 4.74 Å². The summed E-state index contributed by atoms with van der Waals surface area (Å²) in [4.78, 5) is 4.21. The SMILES string of the molecule is Brc1ccc(Oc2cccc3ccccc23)nc1. The van der Waals surface area contributed by atoms with E-state index in [1.165, 1.54) is 0 Å². The molecule has 0 amide bonds. The molecule has 3 rings (SSSR count). The molecule has 2 aromatic carbocycles. The van der Waals surface area contributed by atoms with Gasteiger partial charge in [-0.15, -0.1) is 0 Å². The molecule has 1 aromatic heterocycles. The number of hydrogen-bond donors (Lipinski definition) is 0. The van der Waals surface area contributed by atoms with E-state index in [-0.39, 0.29) is 0 Å². The minimum Gasteiger partial charge on any atom is -0.438 e. The second-order valence-corrected chi connectivity index (χ2v) is 4.81. The van der Waals surface area contributed by atoms with Gasteiger partial charge < -0.3 is 4.74 Å². The van der Waals surface area contributed by atoms with Crippen molar-refractivity contribution in [2.75, 3.05) is 0 Å². The highest BCUT2D eigenvalue weighted by Crippen LogP contribution is 2.29. The fraction of sp³-hybridized carbons (Fsp3) is 0. The summed E-state index contributed by atoms with van der Waals surface area (Å²) in [6, 6.07) is 17.9. The molecule has 18 heavy (non-hydrogen) atoms. The number of aromatic nitrogens is 1. The predicted molar refractivity (Wildman–Crippen MR) is 76.0 cm³/mol. The molecule has 3 heteroatoms. The summed E-state index contributed by atoms with van der Waals surface area (Å²) in [7, 11) is 0. The van der Waals surface area contributed by atoms with Crippen molar-refractivity contribution in [3.8, 4) is 11.6 Å². The van der Waals surface area contributed by atoms with Crippen molar-refractivity contribution in [3.63, 3.8) is 0 Å². The number of rotatable bonds is 2. The van der Waals surface area contributed by atoms with E-state index in [2.05, 4.69) is 33.0 Å². The van der Waals surface area contributed by atoms with E-state index in [1.54, 1.807) is 6.20 Å². The largest absolute Gasteiger partial charge is 0.438 e. The van der Waals surface area contributed by atoms with Gasteiger partial charge in [0.05, 0.1) is 0 Å². The van der Waals surface area contributed by atoms with Gasteiger partial charge in [-0.1, -0.05) is 36.4 Å². The number of fused-ring (bicyclic) bond motifs is 1. The smallest absolute Gasteiger partial charge is 0.219 e. The van der Waals surface area contributed by atoms with Crippen LogP contribution in [0.2, 0.25) is 0 Å². The molecule has 88 valence electrons. The van der Waals surface area contributed by atoms with Gasteiger partial charge in [0.15, 0.2) is 0 Å². The van der Waals surface area contributed by atoms with Crippen molar-refractivity contribution >= 4 is 26.7 Å². The Morgan fingerprint density at radius 3 is 2.56 bits per heavy atom. The second-order valence-electron chi connectivity index (χ2n) is 3.89. The minimum atomic E-state index is 0.592. The molecule has 0 bridgehead atoms. The van der Waals surface area contributed by atoms with E-state index in [1.807, 2.05) is 42.5 Å². The number of pyridine rings is 1. The average molecular weight is 300 g/mol.